The van der Waals surface area contributed by atoms with Crippen molar-refractivity contribution in [3.05, 3.63) is 30.9 Å². The molecule has 0 aliphatic heterocycles. The normalized spacial score (nSPS) is 11.0. The van der Waals surface area contributed by atoms with E-state index in [1.807, 2.05) is 24.3 Å². The summed E-state index contributed by atoms with van der Waals surface area (Å²) in [6.07, 6.45) is 3.84. The van der Waals surface area contributed by atoms with Gasteiger partial charge in [0.2, 0.25) is 5.88 Å². The number of nitrogens with zero attached hydrogens (tertiary/aromatic N) is 1. The van der Waals surface area contributed by atoms with E-state index in [1.54, 1.807) is 0 Å². The van der Waals surface area contributed by atoms with Gasteiger partial charge in [0.05, 0.1) is 6.61 Å². The van der Waals surface area contributed by atoms with Gasteiger partial charge in [-0.25, -0.2) is 0 Å². The number of pyridine rings is 1. The van der Waals surface area contributed by atoms with Crippen LogP contribution in [0.15, 0.2) is 30.9 Å². The molecule has 0 radical (unpaired) electrons. The molecular formula is C14H22N2O. The van der Waals surface area contributed by atoms with Crippen LogP contribution in [0.25, 0.3) is 0 Å². The Labute approximate surface area is 104 Å². The summed E-state index contributed by atoms with van der Waals surface area (Å²) in [5, 5.41) is 3.32. The largest absolute Gasteiger partial charge is 0.478 e. The number of ether oxygens (including phenoxy) is 1. The van der Waals surface area contributed by atoms with Crippen LogP contribution in [0.3, 0.4) is 0 Å². The summed E-state index contributed by atoms with van der Waals surface area (Å²) >= 11 is 0. The second-order valence-corrected chi connectivity index (χ2v) is 5.02. The van der Waals surface area contributed by atoms with Crippen molar-refractivity contribution in [2.24, 2.45) is 0 Å². The molecule has 0 saturated heterocycles. The van der Waals surface area contributed by atoms with Gasteiger partial charge in [0.25, 0.3) is 0 Å². The van der Waals surface area contributed by atoms with E-state index >= 15 is 0 Å². The number of aromatic nitrogens is 1. The Morgan fingerprint density at radius 1 is 1.41 bits per heavy atom. The predicted octanol–water partition coefficient (Wildman–Crippen LogP) is 3.64. The molecule has 0 bridgehead atoms. The quantitative estimate of drug-likeness (QED) is 0.603. The summed E-state index contributed by atoms with van der Waals surface area (Å²) in [7, 11) is 0. The molecule has 1 N–H and O–H groups in total. The first-order valence-electron chi connectivity index (χ1n) is 6.00. The van der Waals surface area contributed by atoms with Crippen molar-refractivity contribution in [2.75, 3.05) is 11.9 Å². The Kier molecular flexibility index (Phi) is 5.01. The third-order valence-electron chi connectivity index (χ3n) is 2.03. The molecule has 1 aromatic rings. The third-order valence-corrected chi connectivity index (χ3v) is 2.03. The van der Waals surface area contributed by atoms with Crippen molar-refractivity contribution >= 4 is 5.82 Å². The monoisotopic (exact) mass is 234 g/mol. The molecule has 0 aliphatic carbocycles. The van der Waals surface area contributed by atoms with E-state index in [1.165, 1.54) is 0 Å². The third kappa shape index (κ3) is 5.95. The first kappa shape index (κ1) is 13.6. The van der Waals surface area contributed by atoms with Crippen LogP contribution in [0, 0.1) is 0 Å². The highest BCUT2D eigenvalue weighted by Crippen LogP contribution is 2.16. The van der Waals surface area contributed by atoms with Gasteiger partial charge in [-0.1, -0.05) is 12.1 Å². The summed E-state index contributed by atoms with van der Waals surface area (Å²) in [5.41, 5.74) is 0.00840. The van der Waals surface area contributed by atoms with Crippen LogP contribution in [0.4, 0.5) is 5.82 Å². The van der Waals surface area contributed by atoms with E-state index in [0.29, 0.717) is 12.5 Å². The van der Waals surface area contributed by atoms with Crippen molar-refractivity contribution in [1.29, 1.82) is 0 Å². The molecule has 17 heavy (non-hydrogen) atoms. The van der Waals surface area contributed by atoms with Crippen molar-refractivity contribution < 1.29 is 4.74 Å². The second kappa shape index (κ2) is 6.28. The lowest BCUT2D eigenvalue weighted by Gasteiger charge is -2.21. The van der Waals surface area contributed by atoms with Crippen LogP contribution >= 0.6 is 0 Å². The molecule has 0 saturated carbocycles. The van der Waals surface area contributed by atoms with Gasteiger partial charge in [-0.05, 0) is 39.7 Å². The highest BCUT2D eigenvalue weighted by molar-refractivity contribution is 5.39. The fourth-order valence-electron chi connectivity index (χ4n) is 1.35. The van der Waals surface area contributed by atoms with Gasteiger partial charge in [0, 0.05) is 11.6 Å². The lowest BCUT2D eigenvalue weighted by atomic mass is 10.1. The number of nitrogens with one attached hydrogen (secondary N) is 1. The van der Waals surface area contributed by atoms with E-state index in [4.69, 9.17) is 4.74 Å². The Balaban J connectivity index is 2.51. The summed E-state index contributed by atoms with van der Waals surface area (Å²) in [6.45, 7) is 10.7. The molecule has 3 nitrogen and oxygen atoms in total. The predicted molar refractivity (Wildman–Crippen MR) is 72.5 cm³/mol. The van der Waals surface area contributed by atoms with E-state index in [-0.39, 0.29) is 5.54 Å². The van der Waals surface area contributed by atoms with Crippen LogP contribution in [0.5, 0.6) is 5.88 Å². The average molecular weight is 234 g/mol. The van der Waals surface area contributed by atoms with Crippen LogP contribution in [-0.2, 0) is 0 Å². The fraction of sp³-hybridized carbons (Fsp3) is 0.500. The molecule has 0 amide bonds. The zero-order valence-corrected chi connectivity index (χ0v) is 11.0. The number of anilines is 1. The van der Waals surface area contributed by atoms with Gasteiger partial charge < -0.3 is 10.1 Å². The maximum Gasteiger partial charge on any atom is 0.215 e. The summed E-state index contributed by atoms with van der Waals surface area (Å²) < 4.78 is 5.56. The van der Waals surface area contributed by atoms with Crippen LogP contribution in [0.1, 0.15) is 33.6 Å². The lowest BCUT2D eigenvalue weighted by Crippen LogP contribution is -2.26. The topological polar surface area (TPSA) is 34.1 Å². The molecule has 0 spiro atoms. The number of unbranched alkanes of at least 4 members (excludes halogenated alkanes) is 1. The average Bonchev–Trinajstić information content (AvgIpc) is 2.23. The van der Waals surface area contributed by atoms with Gasteiger partial charge in [-0.15, -0.1) is 6.58 Å². The number of hydrogen-bond donors (Lipinski definition) is 1. The zero-order valence-electron chi connectivity index (χ0n) is 11.0. The maximum atomic E-state index is 5.56. The standard InChI is InChI=1S/C14H22N2O/c1-5-6-7-11-17-13-10-8-9-12(15-13)16-14(2,3)4/h5,8-10H,1,6-7,11H2,2-4H3,(H,15,16). The molecule has 0 aliphatic rings. The summed E-state index contributed by atoms with van der Waals surface area (Å²) in [4.78, 5) is 4.40. The van der Waals surface area contributed by atoms with Gasteiger partial charge in [0.15, 0.2) is 0 Å². The molecule has 0 fully saturated rings. The fourth-order valence-corrected chi connectivity index (χ4v) is 1.35. The minimum atomic E-state index is 0.00840. The second-order valence-electron chi connectivity index (χ2n) is 5.02. The van der Waals surface area contributed by atoms with Crippen LogP contribution in [-0.4, -0.2) is 17.1 Å². The van der Waals surface area contributed by atoms with Crippen molar-refractivity contribution in [3.8, 4) is 5.88 Å². The molecule has 94 valence electrons. The van der Waals surface area contributed by atoms with Gasteiger partial charge in [-0.2, -0.15) is 4.98 Å². The molecule has 0 aromatic carbocycles. The molecular weight excluding hydrogens is 212 g/mol. The molecule has 0 unspecified atom stereocenters. The van der Waals surface area contributed by atoms with Gasteiger partial charge >= 0.3 is 0 Å². The maximum absolute atomic E-state index is 5.56. The SMILES string of the molecule is C=CCCCOc1cccc(NC(C)(C)C)n1. The molecule has 1 aromatic heterocycles. The lowest BCUT2D eigenvalue weighted by molar-refractivity contribution is 0.300. The van der Waals surface area contributed by atoms with Crippen LogP contribution < -0.4 is 10.1 Å². The highest BCUT2D eigenvalue weighted by Gasteiger charge is 2.10. The van der Waals surface area contributed by atoms with Crippen molar-refractivity contribution in [3.63, 3.8) is 0 Å². The molecule has 1 rings (SSSR count). The molecule has 3 heteroatoms. The Morgan fingerprint density at radius 2 is 2.18 bits per heavy atom. The summed E-state index contributed by atoms with van der Waals surface area (Å²) in [6, 6.07) is 5.77. The van der Waals surface area contributed by atoms with Crippen molar-refractivity contribution in [2.45, 2.75) is 39.2 Å². The summed E-state index contributed by atoms with van der Waals surface area (Å²) in [5.74, 6) is 1.52. The van der Waals surface area contributed by atoms with E-state index < -0.39 is 0 Å². The Hall–Kier alpha value is -1.51. The van der Waals surface area contributed by atoms with Crippen molar-refractivity contribution in [1.82, 2.24) is 4.98 Å². The van der Waals surface area contributed by atoms with E-state index in [0.717, 1.165) is 18.7 Å². The Morgan fingerprint density at radius 3 is 2.82 bits per heavy atom. The van der Waals surface area contributed by atoms with Crippen LogP contribution in [0.2, 0.25) is 0 Å². The Bertz CT molecular complexity index is 355. The number of allylic oxidation sites excluding steroid dienone is 1. The number of rotatable bonds is 6. The minimum absolute atomic E-state index is 0.00840. The van der Waals surface area contributed by atoms with Gasteiger partial charge in [0.1, 0.15) is 5.82 Å². The van der Waals surface area contributed by atoms with E-state index in [2.05, 4.69) is 37.7 Å². The first-order valence-corrected chi connectivity index (χ1v) is 6.00. The minimum Gasteiger partial charge on any atom is -0.478 e. The number of hydrogen-bond acceptors (Lipinski definition) is 3. The van der Waals surface area contributed by atoms with E-state index in [9.17, 15) is 0 Å². The van der Waals surface area contributed by atoms with Gasteiger partial charge in [-0.3, -0.25) is 0 Å². The zero-order chi connectivity index (χ0) is 12.7. The highest BCUT2D eigenvalue weighted by atomic mass is 16.5. The molecule has 0 atom stereocenters. The first-order chi connectivity index (χ1) is 8.01. The smallest absolute Gasteiger partial charge is 0.215 e. The molecule has 1 heterocycles.